The first-order valence-electron chi connectivity index (χ1n) is 19.6. The number of rotatable bonds is 10. The van der Waals surface area contributed by atoms with Gasteiger partial charge in [-0.05, 0) is 129 Å². The molecule has 0 aromatic carbocycles. The van der Waals surface area contributed by atoms with E-state index in [9.17, 15) is 4.79 Å². The molecule has 0 amide bonds. The van der Waals surface area contributed by atoms with Gasteiger partial charge in [-0.15, -0.1) is 0 Å². The van der Waals surface area contributed by atoms with Gasteiger partial charge in [-0.25, -0.2) is 4.79 Å². The van der Waals surface area contributed by atoms with E-state index in [1.807, 2.05) is 0 Å². The smallest absolute Gasteiger partial charge is 0.332 e. The minimum absolute atomic E-state index is 0.0160. The second kappa shape index (κ2) is 15.8. The van der Waals surface area contributed by atoms with Crippen molar-refractivity contribution >= 4 is 22.6 Å². The molecule has 4 aliphatic carbocycles. The van der Waals surface area contributed by atoms with Crippen molar-refractivity contribution in [2.24, 2.45) is 11.3 Å². The molecule has 0 heterocycles. The van der Waals surface area contributed by atoms with Crippen molar-refractivity contribution < 1.29 is 23.1 Å². The fourth-order valence-corrected chi connectivity index (χ4v) is 10.8. The maximum absolute atomic E-state index is 12.7. The molecule has 278 valence electrons. The quantitative estimate of drug-likeness (QED) is 0.0977. The van der Waals surface area contributed by atoms with E-state index in [2.05, 4.69) is 106 Å². The van der Waals surface area contributed by atoms with Crippen LogP contribution in [0.4, 0.5) is 0 Å². The van der Waals surface area contributed by atoms with Crippen molar-refractivity contribution in [3.05, 3.63) is 47.1 Å². The summed E-state index contributed by atoms with van der Waals surface area (Å²) in [7, 11) is -3.98. The predicted molar refractivity (Wildman–Crippen MR) is 210 cm³/mol. The summed E-state index contributed by atoms with van der Waals surface area (Å²) in [5.74, 6) is 0.238. The number of esters is 1. The number of carbonyl (C=O) groups is 1. The van der Waals surface area contributed by atoms with E-state index in [0.717, 1.165) is 69.8 Å². The van der Waals surface area contributed by atoms with E-state index in [0.29, 0.717) is 5.92 Å². The lowest BCUT2D eigenvalue weighted by molar-refractivity contribution is -0.156. The molecule has 5 nitrogen and oxygen atoms in total. The standard InChI is InChI=1S/C42H72O5Si2/c1-30-33(27-35(46-48(10,11)40(3,4)5)28-38(30)47-49(12,13)41(6,7)8)23-22-32-19-18-26-42(9)36(24-25-37(32)42)31(2)44-29-39(43)45-34-20-16-14-15-17-21-34/h22-24,31,34-35,37-38H,1,14-21,25-29H2,2-13H3/b32-22+,33-23-/t31?,35-,37+,38+,42-/m1/s1. The Labute approximate surface area is 303 Å². The van der Waals surface area contributed by atoms with Gasteiger partial charge in [0.05, 0.1) is 18.3 Å². The first kappa shape index (κ1) is 40.5. The van der Waals surface area contributed by atoms with Gasteiger partial charge in [-0.3, -0.25) is 0 Å². The van der Waals surface area contributed by atoms with E-state index < -0.39 is 16.6 Å². The van der Waals surface area contributed by atoms with E-state index >= 15 is 0 Å². The van der Waals surface area contributed by atoms with E-state index in [-0.39, 0.29) is 52.5 Å². The van der Waals surface area contributed by atoms with Crippen LogP contribution >= 0.6 is 0 Å². The molecule has 0 spiro atoms. The maximum Gasteiger partial charge on any atom is 0.332 e. The number of allylic oxidation sites excluding steroid dienone is 4. The second-order valence-corrected chi connectivity index (χ2v) is 28.6. The number of fused-ring (bicyclic) bond motifs is 1. The Morgan fingerprint density at radius 1 is 0.939 bits per heavy atom. The average molecular weight is 713 g/mol. The van der Waals surface area contributed by atoms with Gasteiger partial charge in [0, 0.05) is 6.42 Å². The van der Waals surface area contributed by atoms with Crippen LogP contribution in [0.25, 0.3) is 0 Å². The molecule has 0 radical (unpaired) electrons. The predicted octanol–water partition coefficient (Wildman–Crippen LogP) is 11.8. The fourth-order valence-electron chi connectivity index (χ4n) is 8.11. The summed E-state index contributed by atoms with van der Waals surface area (Å²) in [4.78, 5) is 12.7. The van der Waals surface area contributed by atoms with Gasteiger partial charge in [0.1, 0.15) is 12.7 Å². The summed E-state index contributed by atoms with van der Waals surface area (Å²) < 4.78 is 26.2. The van der Waals surface area contributed by atoms with Crippen LogP contribution in [0.2, 0.25) is 36.3 Å². The molecule has 4 rings (SSSR count). The van der Waals surface area contributed by atoms with E-state index in [1.54, 1.807) is 0 Å². The fraction of sp³-hybridized carbons (Fsp3) is 0.786. The average Bonchev–Trinajstić information content (AvgIpc) is 3.14. The van der Waals surface area contributed by atoms with Gasteiger partial charge >= 0.3 is 5.97 Å². The topological polar surface area (TPSA) is 54.0 Å². The van der Waals surface area contributed by atoms with Crippen LogP contribution < -0.4 is 0 Å². The van der Waals surface area contributed by atoms with Crippen molar-refractivity contribution in [3.8, 4) is 0 Å². The zero-order valence-corrected chi connectivity index (χ0v) is 35.6. The zero-order chi connectivity index (χ0) is 36.4. The molecule has 5 atom stereocenters. The van der Waals surface area contributed by atoms with Crippen molar-refractivity contribution in [2.45, 2.75) is 193 Å². The first-order chi connectivity index (χ1) is 22.6. The van der Waals surface area contributed by atoms with Crippen molar-refractivity contribution in [1.29, 1.82) is 0 Å². The first-order valence-corrected chi connectivity index (χ1v) is 25.4. The van der Waals surface area contributed by atoms with Crippen LogP contribution in [0.5, 0.6) is 0 Å². The van der Waals surface area contributed by atoms with Crippen LogP contribution in [0.15, 0.2) is 47.1 Å². The van der Waals surface area contributed by atoms with Crippen LogP contribution in [-0.4, -0.2) is 53.6 Å². The molecule has 0 aliphatic heterocycles. The number of ether oxygens (including phenoxy) is 2. The summed E-state index contributed by atoms with van der Waals surface area (Å²) >= 11 is 0. The summed E-state index contributed by atoms with van der Waals surface area (Å²) in [6.45, 7) is 32.6. The number of hydrogen-bond acceptors (Lipinski definition) is 5. The Morgan fingerprint density at radius 3 is 2.16 bits per heavy atom. The molecule has 0 aromatic heterocycles. The SMILES string of the molecule is C=C1/C(=C\C=C2/CCC[C@]3(C)C(C(C)OCC(=O)OC4CCCCCC4)=CC[C@@H]23)C[C@@H](O[Si](C)(C)C(C)(C)C)C[C@@H]1O[Si](C)(C)C(C)(C)C. The third-order valence-electron chi connectivity index (χ3n) is 13.3. The van der Waals surface area contributed by atoms with Gasteiger partial charge in [0.2, 0.25) is 0 Å². The van der Waals surface area contributed by atoms with Gasteiger partial charge in [-0.2, -0.15) is 0 Å². The largest absolute Gasteiger partial charge is 0.461 e. The molecule has 7 heteroatoms. The van der Waals surface area contributed by atoms with Crippen LogP contribution in [0.1, 0.15) is 132 Å². The lowest BCUT2D eigenvalue weighted by Gasteiger charge is -2.45. The molecule has 0 aromatic rings. The van der Waals surface area contributed by atoms with Crippen LogP contribution in [0.3, 0.4) is 0 Å². The molecule has 3 fully saturated rings. The van der Waals surface area contributed by atoms with Crippen LogP contribution in [0, 0.1) is 11.3 Å². The van der Waals surface area contributed by atoms with E-state index in [4.69, 9.17) is 18.3 Å². The summed E-state index contributed by atoms with van der Waals surface area (Å²) in [6.07, 6.45) is 20.3. The minimum Gasteiger partial charge on any atom is -0.461 e. The Balaban J connectivity index is 1.49. The summed E-state index contributed by atoms with van der Waals surface area (Å²) in [5, 5.41) is 0.279. The molecule has 0 saturated heterocycles. The Hall–Kier alpha value is -1.26. The Morgan fingerprint density at radius 2 is 1.55 bits per heavy atom. The Kier molecular flexibility index (Phi) is 13.0. The molecular weight excluding hydrogens is 641 g/mol. The van der Waals surface area contributed by atoms with E-state index in [1.165, 1.54) is 29.6 Å². The summed E-state index contributed by atoms with van der Waals surface area (Å²) in [6, 6.07) is 0. The van der Waals surface area contributed by atoms with Gasteiger partial charge in [-0.1, -0.05) is 91.7 Å². The molecule has 4 aliphatic rings. The third kappa shape index (κ3) is 9.80. The normalized spacial score (nSPS) is 30.2. The maximum atomic E-state index is 12.7. The highest BCUT2D eigenvalue weighted by molar-refractivity contribution is 6.74. The highest BCUT2D eigenvalue weighted by Crippen LogP contribution is 2.56. The molecule has 49 heavy (non-hydrogen) atoms. The van der Waals surface area contributed by atoms with Gasteiger partial charge in [0.15, 0.2) is 16.6 Å². The molecular formula is C42H72O5Si2. The van der Waals surface area contributed by atoms with Gasteiger partial charge < -0.3 is 18.3 Å². The molecule has 1 unspecified atom stereocenters. The van der Waals surface area contributed by atoms with Crippen molar-refractivity contribution in [2.75, 3.05) is 6.61 Å². The molecule has 3 saturated carbocycles. The lowest BCUT2D eigenvalue weighted by Crippen LogP contribution is -2.49. The van der Waals surface area contributed by atoms with Gasteiger partial charge in [0.25, 0.3) is 0 Å². The van der Waals surface area contributed by atoms with Crippen LogP contribution in [-0.2, 0) is 23.1 Å². The third-order valence-corrected chi connectivity index (χ3v) is 22.4. The Bertz CT molecular complexity index is 1270. The second-order valence-electron chi connectivity index (χ2n) is 19.0. The van der Waals surface area contributed by atoms with Crippen molar-refractivity contribution in [3.63, 3.8) is 0 Å². The molecule has 0 N–H and O–H groups in total. The van der Waals surface area contributed by atoms with Crippen molar-refractivity contribution in [1.82, 2.24) is 0 Å². The highest BCUT2D eigenvalue weighted by Gasteiger charge is 2.47. The summed E-state index contributed by atoms with van der Waals surface area (Å²) in [5.41, 5.74) is 5.34. The zero-order valence-electron chi connectivity index (χ0n) is 33.6. The number of hydrogen-bond donors (Lipinski definition) is 0. The highest BCUT2D eigenvalue weighted by atomic mass is 28.4. The lowest BCUT2D eigenvalue weighted by atomic mass is 9.63. The minimum atomic E-state index is -2.01. The molecule has 0 bridgehead atoms. The number of carbonyl (C=O) groups excluding carboxylic acids is 1. The monoisotopic (exact) mass is 712 g/mol.